The van der Waals surface area contributed by atoms with Crippen molar-refractivity contribution in [3.63, 3.8) is 0 Å². The first kappa shape index (κ1) is 13.6. The SMILES string of the molecule is CCCNC1CCN(Cc2cccc(Br)c2)C1=O. The Balaban J connectivity index is 1.93. The summed E-state index contributed by atoms with van der Waals surface area (Å²) in [5, 5.41) is 3.31. The molecule has 1 aromatic carbocycles. The molecule has 0 saturated carbocycles. The maximum atomic E-state index is 12.2. The van der Waals surface area contributed by atoms with E-state index in [0.29, 0.717) is 6.54 Å². The van der Waals surface area contributed by atoms with E-state index in [2.05, 4.69) is 40.3 Å². The molecule has 1 fully saturated rings. The number of carbonyl (C=O) groups excluding carboxylic acids is 1. The number of halogens is 1. The second kappa shape index (κ2) is 6.34. The van der Waals surface area contributed by atoms with E-state index in [1.54, 1.807) is 0 Å². The van der Waals surface area contributed by atoms with Crippen LogP contribution in [0.1, 0.15) is 25.3 Å². The Morgan fingerprint density at radius 3 is 3.06 bits per heavy atom. The van der Waals surface area contributed by atoms with Gasteiger partial charge in [-0.25, -0.2) is 0 Å². The maximum Gasteiger partial charge on any atom is 0.240 e. The molecule has 1 heterocycles. The van der Waals surface area contributed by atoms with Crippen molar-refractivity contribution in [2.45, 2.75) is 32.4 Å². The Labute approximate surface area is 117 Å². The van der Waals surface area contributed by atoms with Crippen LogP contribution in [0.25, 0.3) is 0 Å². The van der Waals surface area contributed by atoms with Gasteiger partial charge in [0.15, 0.2) is 0 Å². The number of nitrogens with one attached hydrogen (secondary N) is 1. The molecule has 1 N–H and O–H groups in total. The molecule has 0 aliphatic carbocycles. The summed E-state index contributed by atoms with van der Waals surface area (Å²) in [4.78, 5) is 14.1. The first-order valence-corrected chi connectivity index (χ1v) is 7.26. The standard InChI is InChI=1S/C14H19BrN2O/c1-2-7-16-13-6-8-17(14(13)18)10-11-4-3-5-12(15)9-11/h3-5,9,13,16H,2,6-8,10H2,1H3. The zero-order valence-electron chi connectivity index (χ0n) is 10.7. The van der Waals surface area contributed by atoms with Crippen LogP contribution in [-0.4, -0.2) is 29.9 Å². The van der Waals surface area contributed by atoms with E-state index >= 15 is 0 Å². The molecule has 1 aliphatic rings. The van der Waals surface area contributed by atoms with Crippen LogP contribution >= 0.6 is 15.9 Å². The molecule has 1 amide bonds. The van der Waals surface area contributed by atoms with E-state index in [9.17, 15) is 4.79 Å². The summed E-state index contributed by atoms with van der Waals surface area (Å²) in [6, 6.07) is 8.16. The Morgan fingerprint density at radius 2 is 2.33 bits per heavy atom. The number of nitrogens with zero attached hydrogens (tertiary/aromatic N) is 1. The van der Waals surface area contributed by atoms with Gasteiger partial charge in [-0.2, -0.15) is 0 Å². The summed E-state index contributed by atoms with van der Waals surface area (Å²) < 4.78 is 1.06. The highest BCUT2D eigenvalue weighted by atomic mass is 79.9. The first-order valence-electron chi connectivity index (χ1n) is 6.47. The molecule has 18 heavy (non-hydrogen) atoms. The molecule has 4 heteroatoms. The lowest BCUT2D eigenvalue weighted by Gasteiger charge is -2.17. The largest absolute Gasteiger partial charge is 0.337 e. The van der Waals surface area contributed by atoms with E-state index in [4.69, 9.17) is 0 Å². The molecule has 1 aliphatic heterocycles. The molecule has 0 bridgehead atoms. The minimum Gasteiger partial charge on any atom is -0.337 e. The van der Waals surface area contributed by atoms with Crippen molar-refractivity contribution in [1.82, 2.24) is 10.2 Å². The molecule has 0 radical (unpaired) electrons. The molecule has 3 nitrogen and oxygen atoms in total. The van der Waals surface area contributed by atoms with Crippen molar-refractivity contribution in [1.29, 1.82) is 0 Å². The normalized spacial score (nSPS) is 19.6. The molecule has 1 aromatic rings. The van der Waals surface area contributed by atoms with E-state index in [-0.39, 0.29) is 11.9 Å². The summed E-state index contributed by atoms with van der Waals surface area (Å²) in [5.41, 5.74) is 1.17. The molecule has 0 spiro atoms. The van der Waals surface area contributed by atoms with Gasteiger partial charge in [0, 0.05) is 17.6 Å². The van der Waals surface area contributed by atoms with Crippen LogP contribution < -0.4 is 5.32 Å². The third-order valence-corrected chi connectivity index (χ3v) is 3.69. The number of carbonyl (C=O) groups is 1. The van der Waals surface area contributed by atoms with E-state index in [1.807, 2.05) is 17.0 Å². The number of hydrogen-bond acceptors (Lipinski definition) is 2. The van der Waals surface area contributed by atoms with Gasteiger partial charge < -0.3 is 10.2 Å². The summed E-state index contributed by atoms with van der Waals surface area (Å²) in [6.07, 6.45) is 1.99. The van der Waals surface area contributed by atoms with Gasteiger partial charge in [0.25, 0.3) is 0 Å². The quantitative estimate of drug-likeness (QED) is 0.906. The second-order valence-corrected chi connectivity index (χ2v) is 5.60. The van der Waals surface area contributed by atoms with Gasteiger partial charge in [0.05, 0.1) is 6.04 Å². The van der Waals surface area contributed by atoms with Crippen molar-refractivity contribution in [3.8, 4) is 0 Å². The van der Waals surface area contributed by atoms with Gasteiger partial charge in [-0.05, 0) is 37.1 Å². The van der Waals surface area contributed by atoms with Crippen molar-refractivity contribution in [2.24, 2.45) is 0 Å². The Hall–Kier alpha value is -0.870. The van der Waals surface area contributed by atoms with Gasteiger partial charge in [0.2, 0.25) is 5.91 Å². The average molecular weight is 311 g/mol. The lowest BCUT2D eigenvalue weighted by atomic mass is 10.2. The van der Waals surface area contributed by atoms with Crippen LogP contribution in [0.5, 0.6) is 0 Å². The lowest BCUT2D eigenvalue weighted by Crippen LogP contribution is -2.38. The molecule has 1 atom stereocenters. The smallest absolute Gasteiger partial charge is 0.240 e. The van der Waals surface area contributed by atoms with E-state index in [0.717, 1.165) is 30.4 Å². The zero-order valence-corrected chi connectivity index (χ0v) is 12.2. The summed E-state index contributed by atoms with van der Waals surface area (Å²) in [7, 11) is 0. The van der Waals surface area contributed by atoms with Crippen LogP contribution in [-0.2, 0) is 11.3 Å². The molecule has 1 saturated heterocycles. The monoisotopic (exact) mass is 310 g/mol. The topological polar surface area (TPSA) is 32.3 Å². The van der Waals surface area contributed by atoms with Gasteiger partial charge in [-0.3, -0.25) is 4.79 Å². The van der Waals surface area contributed by atoms with Gasteiger partial charge in [-0.15, -0.1) is 0 Å². The minimum absolute atomic E-state index is 0.0251. The predicted octanol–water partition coefficient (Wildman–Crippen LogP) is 2.55. The minimum atomic E-state index is 0.0251. The van der Waals surface area contributed by atoms with Gasteiger partial charge in [0.1, 0.15) is 0 Å². The molecule has 2 rings (SSSR count). The number of benzene rings is 1. The highest BCUT2D eigenvalue weighted by Crippen LogP contribution is 2.17. The third-order valence-electron chi connectivity index (χ3n) is 3.20. The highest BCUT2D eigenvalue weighted by molar-refractivity contribution is 9.10. The van der Waals surface area contributed by atoms with Crippen LogP contribution in [0.15, 0.2) is 28.7 Å². The summed E-state index contributed by atoms with van der Waals surface area (Å²) in [5.74, 6) is 0.239. The third kappa shape index (κ3) is 3.33. The predicted molar refractivity (Wildman–Crippen MR) is 76.3 cm³/mol. The fraction of sp³-hybridized carbons (Fsp3) is 0.500. The first-order chi connectivity index (χ1) is 8.70. The fourth-order valence-electron chi connectivity index (χ4n) is 2.26. The molecule has 1 unspecified atom stereocenters. The number of amides is 1. The Morgan fingerprint density at radius 1 is 1.50 bits per heavy atom. The molecule has 0 aromatic heterocycles. The van der Waals surface area contributed by atoms with Gasteiger partial charge >= 0.3 is 0 Å². The lowest BCUT2D eigenvalue weighted by molar-refractivity contribution is -0.129. The second-order valence-electron chi connectivity index (χ2n) is 4.69. The Kier molecular flexibility index (Phi) is 4.78. The zero-order chi connectivity index (χ0) is 13.0. The highest BCUT2D eigenvalue weighted by Gasteiger charge is 2.30. The number of hydrogen-bond donors (Lipinski definition) is 1. The molecule has 98 valence electrons. The van der Waals surface area contributed by atoms with Crippen molar-refractivity contribution in [3.05, 3.63) is 34.3 Å². The Bertz CT molecular complexity index is 422. The van der Waals surface area contributed by atoms with Crippen molar-refractivity contribution >= 4 is 21.8 Å². The number of likely N-dealkylation sites (tertiary alicyclic amines) is 1. The number of rotatable bonds is 5. The van der Waals surface area contributed by atoms with Crippen LogP contribution in [0.4, 0.5) is 0 Å². The maximum absolute atomic E-state index is 12.2. The van der Waals surface area contributed by atoms with Crippen molar-refractivity contribution in [2.75, 3.05) is 13.1 Å². The van der Waals surface area contributed by atoms with Crippen molar-refractivity contribution < 1.29 is 4.79 Å². The molecular formula is C14H19BrN2O. The summed E-state index contributed by atoms with van der Waals surface area (Å²) >= 11 is 3.46. The molecular weight excluding hydrogens is 292 g/mol. The average Bonchev–Trinajstić information content (AvgIpc) is 2.69. The van der Waals surface area contributed by atoms with Crippen LogP contribution in [0.2, 0.25) is 0 Å². The van der Waals surface area contributed by atoms with E-state index < -0.39 is 0 Å². The van der Waals surface area contributed by atoms with Crippen LogP contribution in [0.3, 0.4) is 0 Å². The fourth-order valence-corrected chi connectivity index (χ4v) is 2.71. The summed E-state index contributed by atoms with van der Waals surface area (Å²) in [6.45, 7) is 4.60. The van der Waals surface area contributed by atoms with Crippen LogP contribution in [0, 0.1) is 0 Å². The van der Waals surface area contributed by atoms with E-state index in [1.165, 1.54) is 5.56 Å². The van der Waals surface area contributed by atoms with Gasteiger partial charge in [-0.1, -0.05) is 35.0 Å².